The second-order valence-corrected chi connectivity index (χ2v) is 8.47. The highest BCUT2D eigenvalue weighted by Gasteiger charge is 2.49. The Hall–Kier alpha value is -2.61. The highest BCUT2D eigenvalue weighted by Crippen LogP contribution is 2.35. The number of nitrogens with zero attached hydrogens (tertiary/aromatic N) is 1. The molecule has 4 amide bonds. The van der Waals surface area contributed by atoms with E-state index in [1.807, 2.05) is 29.2 Å². The maximum absolute atomic E-state index is 13.4. The Labute approximate surface area is 176 Å². The van der Waals surface area contributed by atoms with Crippen molar-refractivity contribution < 1.29 is 23.9 Å². The molecule has 0 radical (unpaired) electrons. The molecule has 1 aromatic carbocycles. The van der Waals surface area contributed by atoms with E-state index < -0.39 is 11.6 Å². The molecule has 1 aliphatic carbocycles. The molecule has 3 fully saturated rings. The van der Waals surface area contributed by atoms with E-state index in [0.717, 1.165) is 30.8 Å². The third-order valence-electron chi connectivity index (χ3n) is 6.47. The topological polar surface area (TPSA) is 97.0 Å². The highest BCUT2D eigenvalue weighted by atomic mass is 16.5. The molecule has 1 spiro atoms. The smallest absolute Gasteiger partial charge is 0.322 e. The number of rotatable bonds is 6. The molecule has 8 heteroatoms. The van der Waals surface area contributed by atoms with E-state index in [2.05, 4.69) is 10.6 Å². The SMILES string of the molecule is COc1cccc(CN(CC2CCCO2)C(=O)C2CCC3(CC2)NC(=O)NC3=O)c1. The Morgan fingerprint density at radius 3 is 2.70 bits per heavy atom. The standard InChI is InChI=1S/C22H29N3O5/c1-29-17-5-2-4-15(12-17)13-25(14-18-6-3-11-30-18)19(26)16-7-9-22(10-8-16)20(27)23-21(28)24-22/h2,4-5,12,16,18H,3,6-11,13-14H2,1H3,(H2,23,24,27,28). The Morgan fingerprint density at radius 1 is 1.27 bits per heavy atom. The maximum atomic E-state index is 13.4. The molecule has 1 aromatic rings. The molecule has 2 saturated heterocycles. The molecule has 8 nitrogen and oxygen atoms in total. The summed E-state index contributed by atoms with van der Waals surface area (Å²) in [4.78, 5) is 39.1. The van der Waals surface area contributed by atoms with E-state index in [0.29, 0.717) is 38.8 Å². The van der Waals surface area contributed by atoms with Crippen molar-refractivity contribution in [1.82, 2.24) is 15.5 Å². The van der Waals surface area contributed by atoms with Gasteiger partial charge in [0.1, 0.15) is 11.3 Å². The van der Waals surface area contributed by atoms with Gasteiger partial charge in [0.15, 0.2) is 0 Å². The first kappa shape index (κ1) is 20.7. The lowest BCUT2D eigenvalue weighted by molar-refractivity contribution is -0.140. The number of nitrogens with one attached hydrogen (secondary N) is 2. The molecular weight excluding hydrogens is 386 g/mol. The first-order valence-electron chi connectivity index (χ1n) is 10.7. The third kappa shape index (κ3) is 4.28. The normalized spacial score (nSPS) is 28.3. The quantitative estimate of drug-likeness (QED) is 0.693. The van der Waals surface area contributed by atoms with Gasteiger partial charge in [0.05, 0.1) is 13.2 Å². The Morgan fingerprint density at radius 2 is 2.07 bits per heavy atom. The summed E-state index contributed by atoms with van der Waals surface area (Å²) in [5.74, 6) is 0.423. The number of hydrogen-bond donors (Lipinski definition) is 2. The summed E-state index contributed by atoms with van der Waals surface area (Å²) in [5, 5.41) is 5.08. The predicted molar refractivity (Wildman–Crippen MR) is 109 cm³/mol. The van der Waals surface area contributed by atoms with Gasteiger partial charge in [-0.2, -0.15) is 0 Å². The van der Waals surface area contributed by atoms with Gasteiger partial charge in [-0.15, -0.1) is 0 Å². The molecule has 2 aliphatic heterocycles. The lowest BCUT2D eigenvalue weighted by Crippen LogP contribution is -2.51. The van der Waals surface area contributed by atoms with Crippen LogP contribution in [-0.4, -0.2) is 54.6 Å². The van der Waals surface area contributed by atoms with Gasteiger partial charge in [-0.1, -0.05) is 12.1 Å². The number of carbonyl (C=O) groups excluding carboxylic acids is 3. The minimum atomic E-state index is -0.847. The minimum absolute atomic E-state index is 0.0642. The van der Waals surface area contributed by atoms with Crippen LogP contribution in [0.1, 0.15) is 44.1 Å². The first-order chi connectivity index (χ1) is 14.5. The molecule has 162 valence electrons. The molecule has 2 heterocycles. The molecule has 2 N–H and O–H groups in total. The van der Waals surface area contributed by atoms with E-state index in [1.54, 1.807) is 7.11 Å². The fraction of sp³-hybridized carbons (Fsp3) is 0.591. The zero-order valence-electron chi connectivity index (χ0n) is 17.3. The van der Waals surface area contributed by atoms with Crippen LogP contribution in [0, 0.1) is 5.92 Å². The van der Waals surface area contributed by atoms with Crippen LogP contribution < -0.4 is 15.4 Å². The molecule has 0 aromatic heterocycles. The Balaban J connectivity index is 1.45. The maximum Gasteiger partial charge on any atom is 0.322 e. The average molecular weight is 415 g/mol. The highest BCUT2D eigenvalue weighted by molar-refractivity contribution is 6.07. The monoisotopic (exact) mass is 415 g/mol. The van der Waals surface area contributed by atoms with Crippen LogP contribution in [-0.2, 0) is 20.9 Å². The van der Waals surface area contributed by atoms with Crippen molar-refractivity contribution >= 4 is 17.8 Å². The molecule has 0 bridgehead atoms. The van der Waals surface area contributed by atoms with Crippen molar-refractivity contribution in [2.24, 2.45) is 5.92 Å². The summed E-state index contributed by atoms with van der Waals surface area (Å²) in [7, 11) is 1.63. The molecule has 3 aliphatic rings. The summed E-state index contributed by atoms with van der Waals surface area (Å²) >= 11 is 0. The van der Waals surface area contributed by atoms with Crippen molar-refractivity contribution in [3.63, 3.8) is 0 Å². The number of amides is 4. The van der Waals surface area contributed by atoms with Crippen LogP contribution in [0.5, 0.6) is 5.75 Å². The number of benzene rings is 1. The summed E-state index contributed by atoms with van der Waals surface area (Å²) in [5.41, 5.74) is 0.162. The van der Waals surface area contributed by atoms with E-state index in [-0.39, 0.29) is 23.8 Å². The second kappa shape index (κ2) is 8.63. The largest absolute Gasteiger partial charge is 0.497 e. The number of ether oxygens (including phenoxy) is 2. The Bertz CT molecular complexity index is 813. The second-order valence-electron chi connectivity index (χ2n) is 8.47. The van der Waals surface area contributed by atoms with Crippen LogP contribution in [0.2, 0.25) is 0 Å². The van der Waals surface area contributed by atoms with Crippen molar-refractivity contribution in [1.29, 1.82) is 0 Å². The lowest BCUT2D eigenvalue weighted by Gasteiger charge is -2.36. The number of imide groups is 1. The average Bonchev–Trinajstić information content (AvgIpc) is 3.35. The summed E-state index contributed by atoms with van der Waals surface area (Å²) < 4.78 is 11.1. The number of urea groups is 1. The molecule has 1 unspecified atom stereocenters. The van der Waals surface area contributed by atoms with Crippen LogP contribution >= 0.6 is 0 Å². The van der Waals surface area contributed by atoms with Crippen LogP contribution in [0.4, 0.5) is 4.79 Å². The number of hydrogen-bond acceptors (Lipinski definition) is 5. The van der Waals surface area contributed by atoms with Gasteiger partial charge in [0, 0.05) is 25.6 Å². The van der Waals surface area contributed by atoms with Gasteiger partial charge in [-0.3, -0.25) is 14.9 Å². The van der Waals surface area contributed by atoms with Crippen molar-refractivity contribution in [2.75, 3.05) is 20.3 Å². The van der Waals surface area contributed by atoms with E-state index in [1.165, 1.54) is 0 Å². The molecule has 1 saturated carbocycles. The predicted octanol–water partition coefficient (Wildman–Crippen LogP) is 1.97. The third-order valence-corrected chi connectivity index (χ3v) is 6.47. The van der Waals surface area contributed by atoms with Crippen molar-refractivity contribution in [3.8, 4) is 5.75 Å². The molecule has 4 rings (SSSR count). The first-order valence-corrected chi connectivity index (χ1v) is 10.7. The molecule has 1 atom stereocenters. The van der Waals surface area contributed by atoms with E-state index >= 15 is 0 Å². The van der Waals surface area contributed by atoms with E-state index in [4.69, 9.17) is 9.47 Å². The van der Waals surface area contributed by atoms with Gasteiger partial charge in [-0.25, -0.2) is 4.79 Å². The van der Waals surface area contributed by atoms with Gasteiger partial charge >= 0.3 is 6.03 Å². The summed E-state index contributed by atoms with van der Waals surface area (Å²) in [6.45, 7) is 1.80. The van der Waals surface area contributed by atoms with Gasteiger partial charge in [0.25, 0.3) is 5.91 Å². The van der Waals surface area contributed by atoms with Gasteiger partial charge < -0.3 is 19.7 Å². The lowest BCUT2D eigenvalue weighted by atomic mass is 9.76. The van der Waals surface area contributed by atoms with Gasteiger partial charge in [0.2, 0.25) is 5.91 Å². The van der Waals surface area contributed by atoms with Crippen molar-refractivity contribution in [3.05, 3.63) is 29.8 Å². The number of carbonyl (C=O) groups is 3. The zero-order chi connectivity index (χ0) is 21.1. The van der Waals surface area contributed by atoms with Crippen molar-refractivity contribution in [2.45, 2.75) is 56.7 Å². The zero-order valence-corrected chi connectivity index (χ0v) is 17.3. The Kier molecular flexibility index (Phi) is 5.94. The molecular formula is C22H29N3O5. The van der Waals surface area contributed by atoms with Crippen LogP contribution in [0.25, 0.3) is 0 Å². The molecule has 30 heavy (non-hydrogen) atoms. The minimum Gasteiger partial charge on any atom is -0.497 e. The fourth-order valence-electron chi connectivity index (χ4n) is 4.75. The van der Waals surface area contributed by atoms with Crippen LogP contribution in [0.3, 0.4) is 0 Å². The van der Waals surface area contributed by atoms with Crippen LogP contribution in [0.15, 0.2) is 24.3 Å². The summed E-state index contributed by atoms with van der Waals surface area (Å²) in [6, 6.07) is 7.31. The van der Waals surface area contributed by atoms with E-state index in [9.17, 15) is 14.4 Å². The van der Waals surface area contributed by atoms with Gasteiger partial charge in [-0.05, 0) is 56.2 Å². The number of methoxy groups -OCH3 is 1. The summed E-state index contributed by atoms with van der Waals surface area (Å²) in [6.07, 6.45) is 4.16. The fourth-order valence-corrected chi connectivity index (χ4v) is 4.75.